The minimum Gasteiger partial charge on any atom is -0.494 e. The minimum absolute atomic E-state index is 0.0878. The van der Waals surface area contributed by atoms with Crippen molar-refractivity contribution in [3.05, 3.63) is 70.8 Å². The highest BCUT2D eigenvalue weighted by Gasteiger charge is 2.11. The lowest BCUT2D eigenvalue weighted by molar-refractivity contribution is -0.384. The minimum atomic E-state index is -0.486. The SMILES string of the molecule is C=C(C)C(=O)OCCCCCCOc1ccc(N=Nc2ccccc2[N+](=O)[O-])cc1. The van der Waals surface area contributed by atoms with Crippen molar-refractivity contribution in [3.63, 3.8) is 0 Å². The number of carbonyl (C=O) groups is 1. The van der Waals surface area contributed by atoms with E-state index in [4.69, 9.17) is 9.47 Å². The fourth-order valence-corrected chi connectivity index (χ4v) is 2.46. The van der Waals surface area contributed by atoms with Gasteiger partial charge < -0.3 is 9.47 Å². The molecule has 0 amide bonds. The molecule has 0 N–H and O–H groups in total. The maximum atomic E-state index is 11.2. The predicted molar refractivity (Wildman–Crippen MR) is 113 cm³/mol. The van der Waals surface area contributed by atoms with E-state index in [1.54, 1.807) is 49.4 Å². The number of ether oxygens (including phenoxy) is 2. The van der Waals surface area contributed by atoms with Crippen molar-refractivity contribution in [3.8, 4) is 5.75 Å². The van der Waals surface area contributed by atoms with E-state index in [9.17, 15) is 14.9 Å². The van der Waals surface area contributed by atoms with Crippen LogP contribution < -0.4 is 4.74 Å². The number of esters is 1. The van der Waals surface area contributed by atoms with Crippen LogP contribution in [-0.4, -0.2) is 24.1 Å². The molecule has 0 saturated heterocycles. The summed E-state index contributed by atoms with van der Waals surface area (Å²) in [6, 6.07) is 13.2. The first-order valence-corrected chi connectivity index (χ1v) is 9.68. The van der Waals surface area contributed by atoms with Gasteiger partial charge in [0.25, 0.3) is 5.69 Å². The molecular formula is C22H25N3O5. The van der Waals surface area contributed by atoms with Crippen LogP contribution in [0.1, 0.15) is 32.6 Å². The lowest BCUT2D eigenvalue weighted by Gasteiger charge is -2.07. The summed E-state index contributed by atoms with van der Waals surface area (Å²) < 4.78 is 10.7. The molecule has 0 atom stereocenters. The monoisotopic (exact) mass is 411 g/mol. The summed E-state index contributed by atoms with van der Waals surface area (Å²) in [5, 5.41) is 19.0. The van der Waals surface area contributed by atoms with Crippen LogP contribution in [0.5, 0.6) is 5.75 Å². The average Bonchev–Trinajstić information content (AvgIpc) is 2.74. The van der Waals surface area contributed by atoms with Gasteiger partial charge in [-0.25, -0.2) is 4.79 Å². The van der Waals surface area contributed by atoms with Gasteiger partial charge in [-0.15, -0.1) is 5.11 Å². The standard InChI is InChI=1S/C22H25N3O5/c1-17(2)22(26)30-16-8-4-3-7-15-29-19-13-11-18(12-14-19)23-24-20-9-5-6-10-21(20)25(27)28/h5-6,9-14H,1,3-4,7-8,15-16H2,2H3. The van der Waals surface area contributed by atoms with Crippen molar-refractivity contribution in [1.29, 1.82) is 0 Å². The largest absolute Gasteiger partial charge is 0.494 e. The topological polar surface area (TPSA) is 103 Å². The zero-order valence-corrected chi connectivity index (χ0v) is 17.0. The molecule has 8 nitrogen and oxygen atoms in total. The molecule has 0 heterocycles. The maximum Gasteiger partial charge on any atom is 0.333 e. The van der Waals surface area contributed by atoms with Gasteiger partial charge in [-0.2, -0.15) is 5.11 Å². The van der Waals surface area contributed by atoms with Crippen LogP contribution >= 0.6 is 0 Å². The Balaban J connectivity index is 1.68. The van der Waals surface area contributed by atoms with E-state index in [1.807, 2.05) is 0 Å². The number of nitro groups is 1. The van der Waals surface area contributed by atoms with Crippen LogP contribution in [0.3, 0.4) is 0 Å². The molecule has 0 unspecified atom stereocenters. The summed E-state index contributed by atoms with van der Waals surface area (Å²) >= 11 is 0. The fourth-order valence-electron chi connectivity index (χ4n) is 2.46. The number of unbranched alkanes of at least 4 members (excludes halogenated alkanes) is 3. The van der Waals surface area contributed by atoms with Gasteiger partial charge in [0, 0.05) is 11.6 Å². The van der Waals surface area contributed by atoms with Gasteiger partial charge in [-0.1, -0.05) is 18.7 Å². The van der Waals surface area contributed by atoms with Crippen LogP contribution in [0.15, 0.2) is 70.9 Å². The first-order chi connectivity index (χ1) is 14.5. The number of hydrogen-bond acceptors (Lipinski definition) is 7. The third kappa shape index (κ3) is 7.83. The van der Waals surface area contributed by atoms with Crippen LogP contribution in [0, 0.1) is 10.1 Å². The normalized spacial score (nSPS) is 10.7. The molecule has 2 aromatic carbocycles. The molecule has 30 heavy (non-hydrogen) atoms. The van der Waals surface area contributed by atoms with E-state index in [0.717, 1.165) is 31.4 Å². The van der Waals surface area contributed by atoms with Crippen LogP contribution in [0.25, 0.3) is 0 Å². The zero-order chi connectivity index (χ0) is 21.8. The molecule has 0 aliphatic carbocycles. The van der Waals surface area contributed by atoms with Crippen molar-refractivity contribution in [1.82, 2.24) is 0 Å². The second-order valence-electron chi connectivity index (χ2n) is 6.62. The molecule has 0 aliphatic heterocycles. The number of benzene rings is 2. The predicted octanol–water partition coefficient (Wildman–Crippen LogP) is 6.07. The summed E-state index contributed by atoms with van der Waals surface area (Å²) in [4.78, 5) is 21.7. The molecule has 0 fully saturated rings. The van der Waals surface area contributed by atoms with Crippen molar-refractivity contribution >= 4 is 23.0 Å². The molecule has 0 aliphatic rings. The average molecular weight is 411 g/mol. The second-order valence-corrected chi connectivity index (χ2v) is 6.62. The van der Waals surface area contributed by atoms with Gasteiger partial charge in [0.15, 0.2) is 5.69 Å². The number of rotatable bonds is 12. The molecule has 158 valence electrons. The molecular weight excluding hydrogens is 386 g/mol. The molecule has 8 heteroatoms. The van der Waals surface area contributed by atoms with Crippen molar-refractivity contribution in [2.75, 3.05) is 13.2 Å². The Morgan fingerprint density at radius 2 is 1.67 bits per heavy atom. The number of nitro benzene ring substituents is 1. The Bertz CT molecular complexity index is 894. The molecule has 0 saturated carbocycles. The molecule has 2 rings (SSSR count). The molecule has 0 spiro atoms. The third-order valence-electron chi connectivity index (χ3n) is 4.08. The van der Waals surface area contributed by atoms with E-state index >= 15 is 0 Å². The lowest BCUT2D eigenvalue weighted by Crippen LogP contribution is -2.06. The highest BCUT2D eigenvalue weighted by Crippen LogP contribution is 2.28. The van der Waals surface area contributed by atoms with Crippen molar-refractivity contribution in [2.45, 2.75) is 32.6 Å². The molecule has 2 aromatic rings. The van der Waals surface area contributed by atoms with Gasteiger partial charge in [-0.05, 0) is 62.9 Å². The number of hydrogen-bond donors (Lipinski definition) is 0. The Hall–Kier alpha value is -3.55. The quantitative estimate of drug-likeness (QED) is 0.105. The first-order valence-electron chi connectivity index (χ1n) is 9.68. The highest BCUT2D eigenvalue weighted by atomic mass is 16.6. The Morgan fingerprint density at radius 1 is 1.00 bits per heavy atom. The fraction of sp³-hybridized carbons (Fsp3) is 0.318. The summed E-state index contributed by atoms with van der Waals surface area (Å²) in [5.74, 6) is 0.373. The van der Waals surface area contributed by atoms with E-state index in [0.29, 0.717) is 24.5 Å². The lowest BCUT2D eigenvalue weighted by atomic mass is 10.2. The van der Waals surface area contributed by atoms with E-state index in [1.165, 1.54) is 6.07 Å². The van der Waals surface area contributed by atoms with Gasteiger partial charge in [0.1, 0.15) is 5.75 Å². The van der Waals surface area contributed by atoms with Gasteiger partial charge in [0.2, 0.25) is 0 Å². The van der Waals surface area contributed by atoms with Crippen molar-refractivity contribution < 1.29 is 19.2 Å². The Labute approximate surface area is 175 Å². The summed E-state index contributed by atoms with van der Waals surface area (Å²) in [6.45, 7) is 6.16. The third-order valence-corrected chi connectivity index (χ3v) is 4.08. The van der Waals surface area contributed by atoms with Crippen LogP contribution in [0.4, 0.5) is 17.1 Å². The van der Waals surface area contributed by atoms with E-state index in [2.05, 4.69) is 16.8 Å². The Morgan fingerprint density at radius 3 is 2.33 bits per heavy atom. The number of para-hydroxylation sites is 1. The smallest absolute Gasteiger partial charge is 0.333 e. The summed E-state index contributed by atoms with van der Waals surface area (Å²) in [7, 11) is 0. The van der Waals surface area contributed by atoms with E-state index in [-0.39, 0.29) is 17.3 Å². The molecule has 0 aromatic heterocycles. The van der Waals surface area contributed by atoms with E-state index < -0.39 is 4.92 Å². The molecule has 0 radical (unpaired) electrons. The number of carbonyl (C=O) groups excluding carboxylic acids is 1. The molecule has 0 bridgehead atoms. The van der Waals surface area contributed by atoms with Gasteiger partial charge in [-0.3, -0.25) is 10.1 Å². The summed E-state index contributed by atoms with van der Waals surface area (Å²) in [5.41, 5.74) is 1.11. The van der Waals surface area contributed by atoms with Crippen LogP contribution in [-0.2, 0) is 9.53 Å². The van der Waals surface area contributed by atoms with Gasteiger partial charge >= 0.3 is 5.97 Å². The van der Waals surface area contributed by atoms with Crippen LogP contribution in [0.2, 0.25) is 0 Å². The second kappa shape index (κ2) is 12.1. The Kier molecular flexibility index (Phi) is 9.18. The number of azo groups is 1. The number of nitrogens with zero attached hydrogens (tertiary/aromatic N) is 3. The van der Waals surface area contributed by atoms with Crippen molar-refractivity contribution in [2.24, 2.45) is 10.2 Å². The zero-order valence-electron chi connectivity index (χ0n) is 17.0. The summed E-state index contributed by atoms with van der Waals surface area (Å²) in [6.07, 6.45) is 3.65. The van der Waals surface area contributed by atoms with Gasteiger partial charge in [0.05, 0.1) is 23.8 Å². The highest BCUT2D eigenvalue weighted by molar-refractivity contribution is 5.86. The first kappa shape index (κ1) is 22.7. The maximum absolute atomic E-state index is 11.2.